The Morgan fingerprint density at radius 1 is 1.47 bits per heavy atom. The molecule has 5 heteroatoms. The molecular formula is C10H24N4O. The van der Waals surface area contributed by atoms with Crippen molar-refractivity contribution in [2.75, 3.05) is 27.3 Å². The number of hydrazine groups is 1. The van der Waals surface area contributed by atoms with Crippen LogP contribution in [0.3, 0.4) is 0 Å². The van der Waals surface area contributed by atoms with Gasteiger partial charge in [0.05, 0.1) is 6.61 Å². The number of methoxy groups -OCH3 is 1. The van der Waals surface area contributed by atoms with Gasteiger partial charge in [-0.15, -0.1) is 0 Å². The maximum Gasteiger partial charge on any atom is 0.208 e. The third-order valence-electron chi connectivity index (χ3n) is 2.53. The highest BCUT2D eigenvalue weighted by atomic mass is 16.5. The number of rotatable bonds is 6. The number of nitrogens with zero attached hydrogens (tertiary/aromatic N) is 2. The predicted molar refractivity (Wildman–Crippen MR) is 63.6 cm³/mol. The first-order valence-electron chi connectivity index (χ1n) is 5.44. The van der Waals surface area contributed by atoms with E-state index in [-0.39, 0.29) is 0 Å². The Morgan fingerprint density at radius 2 is 2.07 bits per heavy atom. The zero-order valence-corrected chi connectivity index (χ0v) is 10.3. The zero-order valence-electron chi connectivity index (χ0n) is 10.3. The first kappa shape index (κ1) is 14.2. The fourth-order valence-corrected chi connectivity index (χ4v) is 1.66. The van der Waals surface area contributed by atoms with E-state index in [1.54, 1.807) is 14.2 Å². The van der Waals surface area contributed by atoms with E-state index < -0.39 is 0 Å². The van der Waals surface area contributed by atoms with Gasteiger partial charge < -0.3 is 9.64 Å². The summed E-state index contributed by atoms with van der Waals surface area (Å²) >= 11 is 0. The van der Waals surface area contributed by atoms with E-state index in [1.807, 2.05) is 0 Å². The lowest BCUT2D eigenvalue weighted by Gasteiger charge is -2.32. The zero-order chi connectivity index (χ0) is 11.7. The molecule has 0 saturated heterocycles. The molecular weight excluding hydrogens is 192 g/mol. The van der Waals surface area contributed by atoms with Crippen LogP contribution in [0.25, 0.3) is 0 Å². The van der Waals surface area contributed by atoms with Crippen molar-refractivity contribution in [2.24, 2.45) is 10.8 Å². The van der Waals surface area contributed by atoms with E-state index in [0.29, 0.717) is 12.6 Å². The summed E-state index contributed by atoms with van der Waals surface area (Å²) < 4.78 is 5.09. The molecule has 0 heterocycles. The summed E-state index contributed by atoms with van der Waals surface area (Å²) in [7, 11) is 3.43. The normalized spacial score (nSPS) is 12.0. The highest BCUT2D eigenvalue weighted by Gasteiger charge is 2.17. The van der Waals surface area contributed by atoms with E-state index in [9.17, 15) is 0 Å². The van der Waals surface area contributed by atoms with Gasteiger partial charge in [0.1, 0.15) is 0 Å². The van der Waals surface area contributed by atoms with Crippen LogP contribution in [0.5, 0.6) is 0 Å². The van der Waals surface area contributed by atoms with E-state index >= 15 is 0 Å². The summed E-state index contributed by atoms with van der Waals surface area (Å²) in [6.45, 7) is 5.81. The lowest BCUT2D eigenvalue weighted by Crippen LogP contribution is -2.50. The van der Waals surface area contributed by atoms with Crippen LogP contribution < -0.4 is 11.3 Å². The van der Waals surface area contributed by atoms with Crippen LogP contribution in [-0.2, 0) is 4.74 Å². The summed E-state index contributed by atoms with van der Waals surface area (Å²) in [5.74, 6) is 6.16. The molecule has 0 rings (SSSR count). The van der Waals surface area contributed by atoms with Crippen molar-refractivity contribution >= 4 is 5.96 Å². The minimum Gasteiger partial charge on any atom is -0.383 e. The second-order valence-corrected chi connectivity index (χ2v) is 3.35. The molecule has 0 aromatic rings. The van der Waals surface area contributed by atoms with Gasteiger partial charge in [0.25, 0.3) is 0 Å². The van der Waals surface area contributed by atoms with Crippen molar-refractivity contribution in [3.8, 4) is 0 Å². The Hall–Kier alpha value is -0.810. The largest absolute Gasteiger partial charge is 0.383 e. The highest BCUT2D eigenvalue weighted by molar-refractivity contribution is 5.79. The van der Waals surface area contributed by atoms with Gasteiger partial charge in [-0.25, -0.2) is 5.84 Å². The molecule has 0 atom stereocenters. The lowest BCUT2D eigenvalue weighted by atomic mass is 10.1. The van der Waals surface area contributed by atoms with Gasteiger partial charge in [-0.1, -0.05) is 13.8 Å². The smallest absolute Gasteiger partial charge is 0.208 e. The number of hydrogen-bond acceptors (Lipinski definition) is 3. The van der Waals surface area contributed by atoms with Gasteiger partial charge in [0.15, 0.2) is 0 Å². The fraction of sp³-hybridized carbons (Fsp3) is 0.900. The van der Waals surface area contributed by atoms with Crippen LogP contribution >= 0.6 is 0 Å². The molecule has 0 amide bonds. The first-order chi connectivity index (χ1) is 7.24. The van der Waals surface area contributed by atoms with Gasteiger partial charge in [0, 0.05) is 26.7 Å². The number of ether oxygens (including phenoxy) is 1. The van der Waals surface area contributed by atoms with Crippen molar-refractivity contribution in [2.45, 2.75) is 32.7 Å². The third-order valence-corrected chi connectivity index (χ3v) is 2.53. The average Bonchev–Trinajstić information content (AvgIpc) is 2.28. The quantitative estimate of drug-likeness (QED) is 0.295. The summed E-state index contributed by atoms with van der Waals surface area (Å²) in [5, 5.41) is 0. The van der Waals surface area contributed by atoms with Crippen molar-refractivity contribution in [1.29, 1.82) is 0 Å². The molecule has 0 fully saturated rings. The molecule has 0 saturated carbocycles. The Kier molecular flexibility index (Phi) is 8.04. The molecule has 0 aromatic carbocycles. The second-order valence-electron chi connectivity index (χ2n) is 3.35. The van der Waals surface area contributed by atoms with Crippen molar-refractivity contribution in [1.82, 2.24) is 10.3 Å². The number of guanidine groups is 1. The van der Waals surface area contributed by atoms with Gasteiger partial charge in [0.2, 0.25) is 5.96 Å². The number of nitrogens with one attached hydrogen (secondary N) is 1. The minimum atomic E-state index is 0.454. The third kappa shape index (κ3) is 4.48. The minimum absolute atomic E-state index is 0.454. The van der Waals surface area contributed by atoms with Crippen molar-refractivity contribution < 1.29 is 4.74 Å². The molecule has 0 unspecified atom stereocenters. The van der Waals surface area contributed by atoms with Gasteiger partial charge in [-0.2, -0.15) is 0 Å². The van der Waals surface area contributed by atoms with Gasteiger partial charge in [-0.05, 0) is 12.8 Å². The molecule has 0 bridgehead atoms. The molecule has 0 aliphatic rings. The standard InChI is InChI=1S/C10H24N4O/c1-5-9(6-2)14(7-8-15-4)10(12-3)13-11/h9H,5-8,11H2,1-4H3,(H,12,13). The second kappa shape index (κ2) is 8.49. The van der Waals surface area contributed by atoms with Gasteiger partial charge in [-0.3, -0.25) is 10.4 Å². The van der Waals surface area contributed by atoms with E-state index in [2.05, 4.69) is 29.2 Å². The van der Waals surface area contributed by atoms with Crippen LogP contribution in [0.4, 0.5) is 0 Å². The van der Waals surface area contributed by atoms with Crippen LogP contribution in [0.15, 0.2) is 4.99 Å². The maximum atomic E-state index is 5.44. The van der Waals surface area contributed by atoms with E-state index in [4.69, 9.17) is 10.6 Å². The summed E-state index contributed by atoms with van der Waals surface area (Å²) in [6.07, 6.45) is 2.14. The number of nitrogens with two attached hydrogens (primary N) is 1. The molecule has 15 heavy (non-hydrogen) atoms. The van der Waals surface area contributed by atoms with Crippen molar-refractivity contribution in [3.63, 3.8) is 0 Å². The van der Waals surface area contributed by atoms with Crippen LogP contribution in [0.1, 0.15) is 26.7 Å². The van der Waals surface area contributed by atoms with E-state index in [1.165, 1.54) is 0 Å². The SMILES string of the molecule is CCC(CC)N(CCOC)C(=NC)NN. The Balaban J connectivity index is 4.53. The van der Waals surface area contributed by atoms with Crippen LogP contribution in [0, 0.1) is 0 Å². The Bertz CT molecular complexity index is 180. The Labute approximate surface area is 92.7 Å². The van der Waals surface area contributed by atoms with Gasteiger partial charge >= 0.3 is 0 Å². The average molecular weight is 216 g/mol. The summed E-state index contributed by atoms with van der Waals surface area (Å²) in [6, 6.07) is 0.454. The van der Waals surface area contributed by atoms with Crippen LogP contribution in [0.2, 0.25) is 0 Å². The molecule has 5 nitrogen and oxygen atoms in total. The molecule has 90 valence electrons. The van der Waals surface area contributed by atoms with Crippen LogP contribution in [-0.4, -0.2) is 44.2 Å². The van der Waals surface area contributed by atoms with E-state index in [0.717, 1.165) is 25.3 Å². The first-order valence-corrected chi connectivity index (χ1v) is 5.44. The molecule has 0 aromatic heterocycles. The topological polar surface area (TPSA) is 62.9 Å². The number of hydrogen-bond donors (Lipinski definition) is 2. The lowest BCUT2D eigenvalue weighted by molar-refractivity contribution is 0.156. The maximum absolute atomic E-state index is 5.44. The molecule has 0 aliphatic carbocycles. The molecule has 3 N–H and O–H groups in total. The monoisotopic (exact) mass is 216 g/mol. The predicted octanol–water partition coefficient (Wildman–Crippen LogP) is 0.573. The summed E-state index contributed by atoms with van der Waals surface area (Å²) in [5.41, 5.74) is 2.63. The fourth-order valence-electron chi connectivity index (χ4n) is 1.66. The van der Waals surface area contributed by atoms with Crippen molar-refractivity contribution in [3.05, 3.63) is 0 Å². The molecule has 0 radical (unpaired) electrons. The number of aliphatic imine (C=N–C) groups is 1. The molecule has 0 spiro atoms. The summed E-state index contributed by atoms with van der Waals surface area (Å²) in [4.78, 5) is 6.28. The highest BCUT2D eigenvalue weighted by Crippen LogP contribution is 2.08. The Morgan fingerprint density at radius 3 is 2.40 bits per heavy atom. The molecule has 0 aliphatic heterocycles.